The summed E-state index contributed by atoms with van der Waals surface area (Å²) < 4.78 is 7.45. The monoisotopic (exact) mass is 376 g/mol. The molecule has 1 aromatic carbocycles. The van der Waals surface area contributed by atoms with Crippen LogP contribution >= 0.6 is 11.3 Å². The lowest BCUT2D eigenvalue weighted by Gasteiger charge is -2.31. The Hall–Kier alpha value is -2.16. The van der Waals surface area contributed by atoms with E-state index < -0.39 is 0 Å². The Kier molecular flexibility index (Phi) is 5.75. The third-order valence-corrected chi connectivity index (χ3v) is 5.21. The van der Waals surface area contributed by atoms with Crippen LogP contribution in [0.4, 0.5) is 0 Å². The number of para-hydroxylation sites is 1. The Morgan fingerprint density at radius 1 is 1.31 bits per heavy atom. The van der Waals surface area contributed by atoms with Gasteiger partial charge in [0, 0.05) is 12.1 Å². The molecule has 0 aliphatic heterocycles. The zero-order valence-corrected chi connectivity index (χ0v) is 16.0. The van der Waals surface area contributed by atoms with Crippen LogP contribution in [0, 0.1) is 0 Å². The summed E-state index contributed by atoms with van der Waals surface area (Å²) in [5.74, 6) is 0.838. The number of aliphatic hydroxyl groups is 1. The third-order valence-electron chi connectivity index (χ3n) is 4.12. The Labute approximate surface area is 156 Å². The quantitative estimate of drug-likeness (QED) is 0.629. The maximum atomic E-state index is 10.7. The molecule has 2 aromatic heterocycles. The van der Waals surface area contributed by atoms with Gasteiger partial charge in [0.25, 0.3) is 0 Å². The topological polar surface area (TPSA) is 83.1 Å². The summed E-state index contributed by atoms with van der Waals surface area (Å²) in [5.41, 5.74) is 0.941. The summed E-state index contributed by atoms with van der Waals surface area (Å²) in [6, 6.07) is 7.55. The van der Waals surface area contributed by atoms with Crippen molar-refractivity contribution in [3.8, 4) is 11.6 Å². The molecule has 2 N–H and O–H groups in total. The Bertz CT molecular complexity index is 861. The second-order valence-corrected chi connectivity index (χ2v) is 7.21. The molecule has 0 spiro atoms. The van der Waals surface area contributed by atoms with Gasteiger partial charge in [-0.2, -0.15) is 9.61 Å². The van der Waals surface area contributed by atoms with Crippen LogP contribution in [0.3, 0.4) is 0 Å². The minimum atomic E-state index is -0.268. The molecule has 3 rings (SSSR count). The molecule has 140 valence electrons. The highest BCUT2D eigenvalue weighted by molar-refractivity contribution is 7.17. The Morgan fingerprint density at radius 2 is 2.08 bits per heavy atom. The zero-order valence-electron chi connectivity index (χ0n) is 15.2. The second-order valence-electron chi connectivity index (χ2n) is 6.20. The van der Waals surface area contributed by atoms with Crippen LogP contribution in [0.15, 0.2) is 30.6 Å². The highest BCUT2D eigenvalue weighted by Crippen LogP contribution is 2.42. The van der Waals surface area contributed by atoms with Crippen LogP contribution in [-0.2, 0) is 0 Å². The van der Waals surface area contributed by atoms with Crippen molar-refractivity contribution in [3.05, 3.63) is 41.0 Å². The fourth-order valence-electron chi connectivity index (χ4n) is 3.04. The van der Waals surface area contributed by atoms with Gasteiger partial charge in [-0.25, -0.2) is 4.98 Å². The number of hydrogen-bond acceptors (Lipinski definition) is 7. The van der Waals surface area contributed by atoms with E-state index in [0.717, 1.165) is 16.2 Å². The number of rotatable bonds is 8. The van der Waals surface area contributed by atoms with Gasteiger partial charge in [0.05, 0.1) is 23.6 Å². The van der Waals surface area contributed by atoms with E-state index >= 15 is 0 Å². The van der Waals surface area contributed by atoms with Crippen molar-refractivity contribution in [1.82, 2.24) is 19.5 Å². The number of aromatic nitrogens is 3. The molecule has 0 fully saturated rings. The summed E-state index contributed by atoms with van der Waals surface area (Å²) in [5, 5.41) is 24.4. The van der Waals surface area contributed by atoms with Crippen molar-refractivity contribution >= 4 is 16.3 Å². The second kappa shape index (κ2) is 8.03. The van der Waals surface area contributed by atoms with Gasteiger partial charge < -0.3 is 14.9 Å². The number of aliphatic hydroxyl groups excluding tert-OH is 1. The maximum absolute atomic E-state index is 10.7. The van der Waals surface area contributed by atoms with E-state index in [1.165, 1.54) is 22.2 Å². The van der Waals surface area contributed by atoms with Crippen molar-refractivity contribution in [1.29, 1.82) is 0 Å². The molecule has 1 atom stereocenters. The minimum absolute atomic E-state index is 0.0269. The fourth-order valence-corrected chi connectivity index (χ4v) is 4.12. The van der Waals surface area contributed by atoms with Gasteiger partial charge in [-0.15, -0.1) is 0 Å². The number of fused-ring (bicyclic) bond motifs is 1. The molecule has 26 heavy (non-hydrogen) atoms. The summed E-state index contributed by atoms with van der Waals surface area (Å²) in [4.78, 5) is 7.66. The van der Waals surface area contributed by atoms with Crippen molar-refractivity contribution in [2.45, 2.75) is 32.9 Å². The van der Waals surface area contributed by atoms with Crippen LogP contribution in [-0.4, -0.2) is 55.5 Å². The molecule has 3 aromatic rings. The minimum Gasteiger partial charge on any atom is -0.492 e. The van der Waals surface area contributed by atoms with Gasteiger partial charge in [0.2, 0.25) is 10.8 Å². The molecule has 0 saturated heterocycles. The number of benzene rings is 1. The molecule has 8 heteroatoms. The van der Waals surface area contributed by atoms with Crippen molar-refractivity contribution in [3.63, 3.8) is 0 Å². The van der Waals surface area contributed by atoms with Crippen molar-refractivity contribution in [2.24, 2.45) is 0 Å². The first-order valence-electron chi connectivity index (χ1n) is 8.68. The lowest BCUT2D eigenvalue weighted by atomic mass is 10.0. The molecule has 1 unspecified atom stereocenters. The number of hydrogen-bond donors (Lipinski definition) is 2. The average molecular weight is 376 g/mol. The fraction of sp³-hybridized carbons (Fsp3) is 0.444. The third kappa shape index (κ3) is 3.53. The molecule has 0 aliphatic rings. The van der Waals surface area contributed by atoms with Gasteiger partial charge in [0.15, 0.2) is 0 Å². The van der Waals surface area contributed by atoms with Crippen LogP contribution in [0.25, 0.3) is 4.96 Å². The molecule has 0 amide bonds. The predicted molar refractivity (Wildman–Crippen MR) is 101 cm³/mol. The molecule has 7 nitrogen and oxygen atoms in total. The SMILES string of the molecule is CCN(CCO)C(c1ccccc1OC(C)C)c1sc2ncnn2c1O. The van der Waals surface area contributed by atoms with Crippen molar-refractivity contribution in [2.75, 3.05) is 19.7 Å². The summed E-state index contributed by atoms with van der Waals surface area (Å²) in [6.07, 6.45) is 1.45. The molecule has 0 bridgehead atoms. The van der Waals surface area contributed by atoms with Crippen LogP contribution in [0.1, 0.15) is 37.3 Å². The van der Waals surface area contributed by atoms with E-state index in [1.54, 1.807) is 0 Å². The Morgan fingerprint density at radius 3 is 2.73 bits per heavy atom. The highest BCUT2D eigenvalue weighted by Gasteiger charge is 2.30. The molecular formula is C18H24N4O3S. The molecular weight excluding hydrogens is 352 g/mol. The van der Waals surface area contributed by atoms with Gasteiger partial charge in [-0.05, 0) is 26.5 Å². The van der Waals surface area contributed by atoms with Gasteiger partial charge in [-0.1, -0.05) is 36.5 Å². The van der Waals surface area contributed by atoms with Crippen LogP contribution in [0.2, 0.25) is 0 Å². The number of thiazole rings is 1. The standard InChI is InChI=1S/C18H24N4O3S/c1-4-21(9-10-23)15(13-7-5-6-8-14(13)25-12(2)3)16-17(24)22-18(26-16)19-11-20-22/h5-8,11-12,15,23-24H,4,9-10H2,1-3H3. The lowest BCUT2D eigenvalue weighted by molar-refractivity contribution is 0.168. The first-order chi connectivity index (χ1) is 12.6. The lowest BCUT2D eigenvalue weighted by Crippen LogP contribution is -2.32. The summed E-state index contributed by atoms with van der Waals surface area (Å²) in [6.45, 7) is 7.20. The number of aromatic hydroxyl groups is 1. The summed E-state index contributed by atoms with van der Waals surface area (Å²) >= 11 is 1.39. The highest BCUT2D eigenvalue weighted by atomic mass is 32.1. The molecule has 0 aliphatic carbocycles. The number of ether oxygens (including phenoxy) is 1. The van der Waals surface area contributed by atoms with Gasteiger partial charge in [-0.3, -0.25) is 4.90 Å². The van der Waals surface area contributed by atoms with Crippen LogP contribution < -0.4 is 4.74 Å². The van der Waals surface area contributed by atoms with E-state index in [9.17, 15) is 10.2 Å². The smallest absolute Gasteiger partial charge is 0.230 e. The molecule has 2 heterocycles. The van der Waals surface area contributed by atoms with E-state index in [1.807, 2.05) is 45.0 Å². The zero-order chi connectivity index (χ0) is 18.7. The Balaban J connectivity index is 2.16. The van der Waals surface area contributed by atoms with E-state index in [0.29, 0.717) is 18.1 Å². The predicted octanol–water partition coefficient (Wildman–Crippen LogP) is 2.69. The van der Waals surface area contributed by atoms with Gasteiger partial charge >= 0.3 is 0 Å². The van der Waals surface area contributed by atoms with E-state index in [2.05, 4.69) is 15.0 Å². The average Bonchev–Trinajstić information content (AvgIpc) is 3.19. The molecule has 0 radical (unpaired) electrons. The first-order valence-corrected chi connectivity index (χ1v) is 9.50. The maximum Gasteiger partial charge on any atom is 0.230 e. The first kappa shape index (κ1) is 18.6. The van der Waals surface area contributed by atoms with Crippen molar-refractivity contribution < 1.29 is 14.9 Å². The van der Waals surface area contributed by atoms with E-state index in [-0.39, 0.29) is 24.6 Å². The van der Waals surface area contributed by atoms with E-state index in [4.69, 9.17) is 4.74 Å². The van der Waals surface area contributed by atoms with Gasteiger partial charge in [0.1, 0.15) is 12.1 Å². The summed E-state index contributed by atoms with van der Waals surface area (Å²) in [7, 11) is 0. The number of likely N-dealkylation sites (N-methyl/N-ethyl adjacent to an activating group) is 1. The molecule has 0 saturated carbocycles. The number of nitrogens with zero attached hydrogens (tertiary/aromatic N) is 4. The normalized spacial score (nSPS) is 13.0. The van der Waals surface area contributed by atoms with Crippen LogP contribution in [0.5, 0.6) is 11.6 Å². The largest absolute Gasteiger partial charge is 0.492 e.